The molecule has 1 atom stereocenters. The number of rotatable bonds is 6. The Morgan fingerprint density at radius 3 is 2.12 bits per heavy atom. The lowest BCUT2D eigenvalue weighted by molar-refractivity contribution is -0.250. The molecule has 0 saturated heterocycles. The Morgan fingerprint density at radius 2 is 1.58 bits per heavy atom. The fraction of sp³-hybridized carbons (Fsp3) is 0.222. The van der Waals surface area contributed by atoms with Crippen molar-refractivity contribution in [1.82, 2.24) is 10.2 Å². The van der Waals surface area contributed by atoms with Gasteiger partial charge in [-0.1, -0.05) is 60.7 Å². The second-order valence-corrected chi connectivity index (χ2v) is 5.23. The molecule has 2 aromatic carbocycles. The predicted octanol–water partition coefficient (Wildman–Crippen LogP) is 2.13. The van der Waals surface area contributed by atoms with Crippen LogP contribution >= 0.6 is 12.4 Å². The van der Waals surface area contributed by atoms with Gasteiger partial charge in [0.2, 0.25) is 5.91 Å². The van der Waals surface area contributed by atoms with Crippen molar-refractivity contribution in [1.29, 1.82) is 0 Å². The Labute approximate surface area is 147 Å². The average molecular weight is 348 g/mol. The lowest BCUT2D eigenvalue weighted by Crippen LogP contribution is -2.45. The van der Waals surface area contributed by atoms with Crippen molar-refractivity contribution in [2.24, 2.45) is 0 Å². The zero-order chi connectivity index (χ0) is 16.7. The molecular weight excluding hydrogens is 328 g/mol. The van der Waals surface area contributed by atoms with E-state index in [9.17, 15) is 14.7 Å². The summed E-state index contributed by atoms with van der Waals surface area (Å²) in [7, 11) is 0. The van der Waals surface area contributed by atoms with Crippen LogP contribution in [0.4, 0.5) is 4.79 Å². The van der Waals surface area contributed by atoms with Gasteiger partial charge >= 0.3 is 0 Å². The fourth-order valence-corrected chi connectivity index (χ4v) is 2.38. The quantitative estimate of drug-likeness (QED) is 0.870. The van der Waals surface area contributed by atoms with Crippen molar-refractivity contribution in [2.45, 2.75) is 19.5 Å². The first kappa shape index (κ1) is 19.5. The first-order valence-electron chi connectivity index (χ1n) is 7.41. The highest BCUT2D eigenvalue weighted by molar-refractivity contribution is 5.85. The van der Waals surface area contributed by atoms with Crippen LogP contribution in [0, 0.1) is 0 Å². The van der Waals surface area contributed by atoms with Crippen LogP contribution in [0.5, 0.6) is 0 Å². The number of amides is 2. The second-order valence-electron chi connectivity index (χ2n) is 5.23. The van der Waals surface area contributed by atoms with Gasteiger partial charge in [-0.3, -0.25) is 4.79 Å². The maximum Gasteiger partial charge on any atom is 0.242 e. The molecule has 6 heteroatoms. The number of halogens is 1. The maximum atomic E-state index is 12.4. The van der Waals surface area contributed by atoms with Crippen LogP contribution in [-0.2, 0) is 11.3 Å². The molecule has 2 aromatic rings. The molecule has 0 aliphatic rings. The van der Waals surface area contributed by atoms with Crippen LogP contribution in [0.15, 0.2) is 60.7 Å². The summed E-state index contributed by atoms with van der Waals surface area (Å²) in [6.07, 6.45) is -1.45. The van der Waals surface area contributed by atoms with Gasteiger partial charge < -0.3 is 20.1 Å². The number of nitrogens with one attached hydrogen (secondary N) is 1. The minimum Gasteiger partial charge on any atom is -0.530 e. The smallest absolute Gasteiger partial charge is 0.242 e. The van der Waals surface area contributed by atoms with E-state index in [0.717, 1.165) is 11.1 Å². The summed E-state index contributed by atoms with van der Waals surface area (Å²) in [5.41, 5.74) is 1.97. The third-order valence-electron chi connectivity index (χ3n) is 3.65. The Hall–Kier alpha value is -2.53. The van der Waals surface area contributed by atoms with Gasteiger partial charge in [0.05, 0.1) is 12.6 Å². The Balaban J connectivity index is 0.00000288. The van der Waals surface area contributed by atoms with Crippen molar-refractivity contribution in [3.63, 3.8) is 0 Å². The van der Waals surface area contributed by atoms with Crippen molar-refractivity contribution in [3.8, 4) is 0 Å². The molecule has 2 rings (SSSR count). The van der Waals surface area contributed by atoms with E-state index < -0.39 is 6.09 Å². The highest BCUT2D eigenvalue weighted by Crippen LogP contribution is 2.22. The maximum absolute atomic E-state index is 12.4. The van der Waals surface area contributed by atoms with Gasteiger partial charge in [0, 0.05) is 6.54 Å². The van der Waals surface area contributed by atoms with Gasteiger partial charge in [-0.2, -0.15) is 0 Å². The molecular formula is C18H20ClN2O3-. The summed E-state index contributed by atoms with van der Waals surface area (Å²) in [6, 6.07) is 19.1. The van der Waals surface area contributed by atoms with Gasteiger partial charge in [-0.15, -0.1) is 12.4 Å². The lowest BCUT2D eigenvalue weighted by atomic mass is 10.1. The molecule has 2 amide bonds. The fourth-order valence-electron chi connectivity index (χ4n) is 2.38. The molecule has 0 radical (unpaired) electrons. The topological polar surface area (TPSA) is 72.5 Å². The molecule has 0 bridgehead atoms. The molecule has 0 heterocycles. The zero-order valence-electron chi connectivity index (χ0n) is 13.3. The van der Waals surface area contributed by atoms with E-state index in [-0.39, 0.29) is 30.9 Å². The van der Waals surface area contributed by atoms with Crippen LogP contribution in [0.2, 0.25) is 0 Å². The largest absolute Gasteiger partial charge is 0.530 e. The van der Waals surface area contributed by atoms with Gasteiger partial charge in [0.1, 0.15) is 6.09 Å². The van der Waals surface area contributed by atoms with E-state index in [2.05, 4.69) is 0 Å². The third kappa shape index (κ3) is 5.59. The van der Waals surface area contributed by atoms with E-state index in [1.165, 1.54) is 0 Å². The molecule has 128 valence electrons. The van der Waals surface area contributed by atoms with Crippen molar-refractivity contribution in [3.05, 3.63) is 71.8 Å². The zero-order valence-corrected chi connectivity index (χ0v) is 14.2. The Bertz CT molecular complexity index is 650. The number of carbonyl (C=O) groups is 2. The molecule has 0 aliphatic heterocycles. The number of carbonyl (C=O) groups excluding carboxylic acids is 2. The molecule has 5 nitrogen and oxygen atoms in total. The third-order valence-corrected chi connectivity index (χ3v) is 3.65. The molecule has 0 aliphatic carbocycles. The molecule has 0 aromatic heterocycles. The molecule has 0 fully saturated rings. The van der Waals surface area contributed by atoms with Crippen LogP contribution in [0.1, 0.15) is 24.1 Å². The van der Waals surface area contributed by atoms with Gasteiger partial charge in [0.15, 0.2) is 0 Å². The van der Waals surface area contributed by atoms with Crippen LogP contribution in [0.25, 0.3) is 0 Å². The van der Waals surface area contributed by atoms with E-state index >= 15 is 0 Å². The van der Waals surface area contributed by atoms with Crippen LogP contribution in [0.3, 0.4) is 0 Å². The molecule has 1 N–H and O–H groups in total. The van der Waals surface area contributed by atoms with E-state index in [1.807, 2.05) is 72.9 Å². The number of nitrogens with zero attached hydrogens (tertiary/aromatic N) is 1. The van der Waals surface area contributed by atoms with Gasteiger partial charge in [0.25, 0.3) is 0 Å². The number of benzene rings is 2. The van der Waals surface area contributed by atoms with Crippen LogP contribution in [-0.4, -0.2) is 23.4 Å². The summed E-state index contributed by atoms with van der Waals surface area (Å²) >= 11 is 0. The number of hydrogen-bond donors (Lipinski definition) is 1. The first-order chi connectivity index (χ1) is 11.1. The Morgan fingerprint density at radius 1 is 1.04 bits per heavy atom. The van der Waals surface area contributed by atoms with Crippen LogP contribution < -0.4 is 10.4 Å². The summed E-state index contributed by atoms with van der Waals surface area (Å²) in [6.45, 7) is 2.03. The lowest BCUT2D eigenvalue weighted by Gasteiger charge is -2.30. The summed E-state index contributed by atoms with van der Waals surface area (Å²) < 4.78 is 0. The van der Waals surface area contributed by atoms with E-state index in [4.69, 9.17) is 0 Å². The minimum absolute atomic E-state index is 0. The van der Waals surface area contributed by atoms with E-state index in [0.29, 0.717) is 6.54 Å². The summed E-state index contributed by atoms with van der Waals surface area (Å²) in [4.78, 5) is 24.6. The van der Waals surface area contributed by atoms with Gasteiger partial charge in [-0.25, -0.2) is 0 Å². The molecule has 1 unspecified atom stereocenters. The normalized spacial score (nSPS) is 11.0. The summed E-state index contributed by atoms with van der Waals surface area (Å²) in [5, 5.41) is 12.6. The number of hydrogen-bond acceptors (Lipinski definition) is 3. The summed E-state index contributed by atoms with van der Waals surface area (Å²) in [5.74, 6) is -0.297. The molecule has 24 heavy (non-hydrogen) atoms. The minimum atomic E-state index is -1.45. The van der Waals surface area contributed by atoms with Crippen molar-refractivity contribution >= 4 is 24.4 Å². The van der Waals surface area contributed by atoms with E-state index in [1.54, 1.807) is 4.90 Å². The standard InChI is InChI=1S/C18H20N2O3.ClH/c1-14(16-10-6-3-7-11-16)20(17(21)12-19-18(22)23)13-15-8-4-2-5-9-15;/h2-11,14,19H,12-13H2,1H3,(H,22,23);1H/p-1. The molecule has 0 saturated carbocycles. The van der Waals surface area contributed by atoms with Crippen molar-refractivity contribution in [2.75, 3.05) is 6.54 Å². The highest BCUT2D eigenvalue weighted by atomic mass is 35.5. The second kappa shape index (κ2) is 9.57. The predicted molar refractivity (Wildman–Crippen MR) is 92.5 cm³/mol. The number of carboxylic acid groups (broad SMARTS) is 1. The SMILES string of the molecule is CC(c1ccccc1)N(Cc1ccccc1)C(=O)CNC(=O)[O-].Cl. The average Bonchev–Trinajstić information content (AvgIpc) is 2.58. The van der Waals surface area contributed by atoms with Gasteiger partial charge in [-0.05, 0) is 18.1 Å². The first-order valence-corrected chi connectivity index (χ1v) is 7.41. The molecule has 0 spiro atoms. The Kier molecular flexibility index (Phi) is 7.79. The highest BCUT2D eigenvalue weighted by Gasteiger charge is 2.21. The monoisotopic (exact) mass is 347 g/mol. The van der Waals surface area contributed by atoms with Crippen molar-refractivity contribution < 1.29 is 14.7 Å².